The van der Waals surface area contributed by atoms with Crippen molar-refractivity contribution in [2.24, 2.45) is 0 Å². The standard InChI is InChI=1S/C8H14NO.2Li/c1-6(2)9-7(3)5-8(4)10;;/h5-6,10H,3H2,1-2,4H3;;/q-1;2*+1/p-1/b8-5-;;. The molecule has 0 aromatic carbocycles. The zero-order valence-electron chi connectivity index (χ0n) is 8.72. The molecule has 0 atom stereocenters. The van der Waals surface area contributed by atoms with E-state index in [1.165, 1.54) is 13.0 Å². The largest absolute Gasteiger partial charge is 1.00 e. The van der Waals surface area contributed by atoms with Gasteiger partial charge in [-0.2, -0.15) is 0 Å². The van der Waals surface area contributed by atoms with E-state index in [0.29, 0.717) is 5.70 Å². The van der Waals surface area contributed by atoms with E-state index in [2.05, 4.69) is 11.9 Å². The molecule has 0 aliphatic carbocycles. The van der Waals surface area contributed by atoms with Crippen molar-refractivity contribution in [3.63, 3.8) is 0 Å². The predicted molar refractivity (Wildman–Crippen MR) is 41.4 cm³/mol. The van der Waals surface area contributed by atoms with E-state index in [1.54, 1.807) is 0 Å². The molecule has 0 aliphatic rings. The summed E-state index contributed by atoms with van der Waals surface area (Å²) in [4.78, 5) is 0. The molecule has 0 spiro atoms. The summed E-state index contributed by atoms with van der Waals surface area (Å²) in [5.74, 6) is -0.00519. The molecule has 0 N–H and O–H groups in total. The molecule has 0 radical (unpaired) electrons. The third kappa shape index (κ3) is 12.9. The molecule has 0 aliphatic heterocycles. The van der Waals surface area contributed by atoms with Crippen LogP contribution in [0, 0.1) is 0 Å². The van der Waals surface area contributed by atoms with Gasteiger partial charge in [-0.3, -0.25) is 0 Å². The summed E-state index contributed by atoms with van der Waals surface area (Å²) < 4.78 is 0. The van der Waals surface area contributed by atoms with Crippen molar-refractivity contribution in [3.8, 4) is 0 Å². The van der Waals surface area contributed by atoms with Gasteiger partial charge in [0.15, 0.2) is 0 Å². The van der Waals surface area contributed by atoms with Crippen LogP contribution < -0.4 is 42.8 Å². The van der Waals surface area contributed by atoms with Crippen molar-refractivity contribution in [2.45, 2.75) is 26.8 Å². The van der Waals surface area contributed by atoms with E-state index in [9.17, 15) is 5.11 Å². The number of hydrogen-bond acceptors (Lipinski definition) is 1. The van der Waals surface area contributed by atoms with Gasteiger partial charge in [0.05, 0.1) is 0 Å². The molecule has 0 aromatic rings. The van der Waals surface area contributed by atoms with Crippen molar-refractivity contribution in [3.05, 3.63) is 29.4 Å². The van der Waals surface area contributed by atoms with Gasteiger partial charge in [0.25, 0.3) is 0 Å². The second-order valence-corrected chi connectivity index (χ2v) is 2.47. The average molecular weight is 153 g/mol. The monoisotopic (exact) mass is 153 g/mol. The van der Waals surface area contributed by atoms with Gasteiger partial charge < -0.3 is 10.4 Å². The summed E-state index contributed by atoms with van der Waals surface area (Å²) in [6, 6.07) is 0.211. The Morgan fingerprint density at radius 1 is 1.42 bits per heavy atom. The fourth-order valence-electron chi connectivity index (χ4n) is 0.604. The molecule has 0 saturated carbocycles. The molecule has 0 bridgehead atoms. The van der Waals surface area contributed by atoms with Crippen LogP contribution in [0.4, 0.5) is 0 Å². The molecular formula is C8H13Li2NO. The molecule has 0 unspecified atom stereocenters. The molecule has 2 nitrogen and oxygen atoms in total. The maximum absolute atomic E-state index is 10.5. The van der Waals surface area contributed by atoms with Crippen molar-refractivity contribution in [1.82, 2.24) is 0 Å². The van der Waals surface area contributed by atoms with Gasteiger partial charge in [-0.05, 0) is 0 Å². The summed E-state index contributed by atoms with van der Waals surface area (Å²) in [6.07, 6.45) is 1.43. The van der Waals surface area contributed by atoms with Crippen LogP contribution in [-0.2, 0) is 0 Å². The number of hydrogen-bond donors (Lipinski definition) is 0. The van der Waals surface area contributed by atoms with Crippen LogP contribution in [0.5, 0.6) is 0 Å². The Hall–Kier alpha value is 0.275. The molecule has 0 rings (SSSR count). The van der Waals surface area contributed by atoms with Crippen molar-refractivity contribution >= 4 is 0 Å². The molecule has 4 heteroatoms. The predicted octanol–water partition coefficient (Wildman–Crippen LogP) is -4.45. The van der Waals surface area contributed by atoms with Crippen molar-refractivity contribution < 1.29 is 42.8 Å². The Bertz CT molecular complexity index is 151. The smallest absolute Gasteiger partial charge is 0.876 e. The van der Waals surface area contributed by atoms with E-state index < -0.39 is 0 Å². The van der Waals surface area contributed by atoms with Crippen LogP contribution in [0.25, 0.3) is 5.32 Å². The van der Waals surface area contributed by atoms with Gasteiger partial charge in [0.1, 0.15) is 0 Å². The topological polar surface area (TPSA) is 37.2 Å². The minimum Gasteiger partial charge on any atom is -0.876 e. The van der Waals surface area contributed by atoms with E-state index in [4.69, 9.17) is 0 Å². The minimum absolute atomic E-state index is 0. The first-order valence-electron chi connectivity index (χ1n) is 3.27. The summed E-state index contributed by atoms with van der Waals surface area (Å²) in [7, 11) is 0. The van der Waals surface area contributed by atoms with Gasteiger partial charge in [-0.15, -0.1) is 24.1 Å². The van der Waals surface area contributed by atoms with E-state index in [-0.39, 0.29) is 49.5 Å². The zero-order chi connectivity index (χ0) is 8.15. The summed E-state index contributed by atoms with van der Waals surface area (Å²) >= 11 is 0. The summed E-state index contributed by atoms with van der Waals surface area (Å²) in [6.45, 7) is 8.97. The van der Waals surface area contributed by atoms with E-state index in [1.807, 2.05) is 13.8 Å². The molecular weight excluding hydrogens is 140 g/mol. The van der Waals surface area contributed by atoms with Crippen LogP contribution in [0.2, 0.25) is 0 Å². The van der Waals surface area contributed by atoms with Gasteiger partial charge in [-0.1, -0.05) is 26.8 Å². The molecule has 0 aromatic heterocycles. The molecule has 12 heavy (non-hydrogen) atoms. The number of allylic oxidation sites excluding steroid dienone is 2. The maximum Gasteiger partial charge on any atom is 1.00 e. The Kier molecular flexibility index (Phi) is 14.2. The number of rotatable bonds is 3. The van der Waals surface area contributed by atoms with Gasteiger partial charge in [0.2, 0.25) is 0 Å². The van der Waals surface area contributed by atoms with Crippen molar-refractivity contribution in [1.29, 1.82) is 0 Å². The Morgan fingerprint density at radius 3 is 2.08 bits per heavy atom. The maximum atomic E-state index is 10.5. The molecule has 58 valence electrons. The van der Waals surface area contributed by atoms with Gasteiger partial charge >= 0.3 is 37.7 Å². The van der Waals surface area contributed by atoms with Gasteiger partial charge in [-0.25, -0.2) is 0 Å². The first-order valence-corrected chi connectivity index (χ1v) is 3.27. The fraction of sp³-hybridized carbons (Fsp3) is 0.500. The van der Waals surface area contributed by atoms with Crippen molar-refractivity contribution in [2.75, 3.05) is 0 Å². The van der Waals surface area contributed by atoms with E-state index >= 15 is 0 Å². The zero-order valence-corrected chi connectivity index (χ0v) is 8.72. The normalized spacial score (nSPS) is 9.83. The number of nitrogens with zero attached hydrogens (tertiary/aromatic N) is 1. The SMILES string of the molecule is C=C(/C=C(/C)[O-])[N-]C(C)C.[Li+].[Li+]. The Morgan fingerprint density at radius 2 is 1.83 bits per heavy atom. The van der Waals surface area contributed by atoms with Crippen LogP contribution in [0.3, 0.4) is 0 Å². The Labute approximate surface area is 98.9 Å². The van der Waals surface area contributed by atoms with E-state index in [0.717, 1.165) is 0 Å². The minimum atomic E-state index is -0.00519. The average Bonchev–Trinajstić information content (AvgIpc) is 1.58. The quantitative estimate of drug-likeness (QED) is 0.229. The van der Waals surface area contributed by atoms with Crippen LogP contribution in [0.1, 0.15) is 20.8 Å². The fourth-order valence-corrected chi connectivity index (χ4v) is 0.604. The molecule has 0 heterocycles. The third-order valence-corrected chi connectivity index (χ3v) is 0.794. The third-order valence-electron chi connectivity index (χ3n) is 0.794. The molecule has 0 amide bonds. The molecule has 0 saturated heterocycles. The summed E-state index contributed by atoms with van der Waals surface area (Å²) in [5.41, 5.74) is 0.558. The molecule has 0 fully saturated rings. The van der Waals surface area contributed by atoms with Crippen LogP contribution in [0.15, 0.2) is 24.1 Å². The first-order chi connectivity index (χ1) is 4.52. The second kappa shape index (κ2) is 9.36. The summed E-state index contributed by atoms with van der Waals surface area (Å²) in [5, 5.41) is 14.5. The Balaban J connectivity index is -0.000000405. The van der Waals surface area contributed by atoms with Gasteiger partial charge in [0, 0.05) is 0 Å². The van der Waals surface area contributed by atoms with Crippen LogP contribution >= 0.6 is 0 Å². The first kappa shape index (κ1) is 18.1. The second-order valence-electron chi connectivity index (χ2n) is 2.47. The van der Waals surface area contributed by atoms with Crippen LogP contribution in [-0.4, -0.2) is 6.04 Å².